The Morgan fingerprint density at radius 1 is 1.18 bits per heavy atom. The van der Waals surface area contributed by atoms with Crippen LogP contribution < -0.4 is 15.0 Å². The van der Waals surface area contributed by atoms with Crippen LogP contribution in [0.25, 0.3) is 22.2 Å². The minimum atomic E-state index is -0.402. The second-order valence-corrected chi connectivity index (χ2v) is 9.45. The molecule has 39 heavy (non-hydrogen) atoms. The van der Waals surface area contributed by atoms with E-state index < -0.39 is 4.92 Å². The number of hydrogen-bond donors (Lipinski definition) is 1. The molecule has 4 aromatic rings. The van der Waals surface area contributed by atoms with Crippen LogP contribution in [0.4, 0.5) is 23.0 Å². The van der Waals surface area contributed by atoms with E-state index in [9.17, 15) is 14.9 Å². The maximum Gasteiger partial charge on any atom is 0.294 e. The van der Waals surface area contributed by atoms with Crippen molar-refractivity contribution < 1.29 is 14.5 Å². The number of likely N-dealkylation sites (N-methyl/N-ethyl adjacent to an activating group) is 2. The molecule has 11 nitrogen and oxygen atoms in total. The van der Waals surface area contributed by atoms with Crippen LogP contribution >= 0.6 is 0 Å². The summed E-state index contributed by atoms with van der Waals surface area (Å²) in [7, 11) is 7.24. The van der Waals surface area contributed by atoms with Gasteiger partial charge in [-0.2, -0.15) is 0 Å². The van der Waals surface area contributed by atoms with Gasteiger partial charge in [-0.05, 0) is 32.1 Å². The molecule has 0 atom stereocenters. The summed E-state index contributed by atoms with van der Waals surface area (Å²) in [6, 6.07) is 11.0. The molecule has 2 aromatic carbocycles. The van der Waals surface area contributed by atoms with E-state index in [-0.39, 0.29) is 18.2 Å². The number of ether oxygens (including phenoxy) is 1. The molecule has 0 radical (unpaired) electrons. The van der Waals surface area contributed by atoms with E-state index in [0.29, 0.717) is 30.1 Å². The minimum Gasteiger partial charge on any atom is -0.494 e. The van der Waals surface area contributed by atoms with Crippen molar-refractivity contribution in [3.05, 3.63) is 64.5 Å². The lowest BCUT2D eigenvalue weighted by molar-refractivity contribution is -0.384. The molecule has 0 unspecified atom stereocenters. The van der Waals surface area contributed by atoms with E-state index in [1.54, 1.807) is 12.3 Å². The van der Waals surface area contributed by atoms with Gasteiger partial charge in [0.2, 0.25) is 5.95 Å². The Balaban J connectivity index is 1.77. The molecule has 11 heteroatoms. The summed E-state index contributed by atoms with van der Waals surface area (Å²) in [4.78, 5) is 36.1. The highest BCUT2D eigenvalue weighted by atomic mass is 16.6. The van der Waals surface area contributed by atoms with Gasteiger partial charge in [0.05, 0.1) is 30.0 Å². The summed E-state index contributed by atoms with van der Waals surface area (Å²) in [5.41, 5.74) is 4.26. The lowest BCUT2D eigenvalue weighted by Gasteiger charge is -2.22. The Morgan fingerprint density at radius 2 is 1.95 bits per heavy atom. The van der Waals surface area contributed by atoms with Crippen molar-refractivity contribution in [1.29, 1.82) is 0 Å². The Morgan fingerprint density at radius 3 is 2.62 bits per heavy atom. The number of rotatable bonds is 12. The monoisotopic (exact) mass is 531 g/mol. The molecule has 0 saturated heterocycles. The van der Waals surface area contributed by atoms with Gasteiger partial charge in [-0.15, -0.1) is 0 Å². The number of carbonyl (C=O) groups excluding carboxylic acids is 1. The van der Waals surface area contributed by atoms with Crippen molar-refractivity contribution in [2.75, 3.05) is 51.6 Å². The minimum absolute atomic E-state index is 0.0538. The lowest BCUT2D eigenvalue weighted by atomic mass is 10.0. The number of nitrogens with zero attached hydrogens (tertiary/aromatic N) is 6. The van der Waals surface area contributed by atoms with Gasteiger partial charge in [0.25, 0.3) is 5.69 Å². The summed E-state index contributed by atoms with van der Waals surface area (Å²) >= 11 is 0. The maximum absolute atomic E-state index is 12.0. The smallest absolute Gasteiger partial charge is 0.294 e. The molecule has 1 N–H and O–H groups in total. The van der Waals surface area contributed by atoms with Crippen molar-refractivity contribution in [2.24, 2.45) is 0 Å². The number of aryl methyl sites for hydroxylation is 1. The Hall–Kier alpha value is -4.51. The van der Waals surface area contributed by atoms with Gasteiger partial charge in [-0.1, -0.05) is 25.1 Å². The molecule has 204 valence electrons. The zero-order valence-electron chi connectivity index (χ0n) is 22.8. The number of carbonyl (C=O) groups is 1. The van der Waals surface area contributed by atoms with E-state index in [1.807, 2.05) is 72.9 Å². The van der Waals surface area contributed by atoms with Gasteiger partial charge in [0.15, 0.2) is 0 Å². The normalized spacial score (nSPS) is 11.1. The molecule has 0 aliphatic heterocycles. The van der Waals surface area contributed by atoms with E-state index in [2.05, 4.69) is 10.3 Å². The van der Waals surface area contributed by atoms with Crippen LogP contribution in [-0.2, 0) is 17.8 Å². The van der Waals surface area contributed by atoms with Crippen LogP contribution in [0.1, 0.15) is 12.5 Å². The van der Waals surface area contributed by atoms with Gasteiger partial charge >= 0.3 is 0 Å². The quantitative estimate of drug-likeness (QED) is 0.160. The molecule has 2 aromatic heterocycles. The average molecular weight is 532 g/mol. The number of nitrogens with one attached hydrogen (secondary N) is 1. The first-order valence-corrected chi connectivity index (χ1v) is 12.6. The van der Waals surface area contributed by atoms with Crippen LogP contribution in [0.3, 0.4) is 0 Å². The molecule has 0 spiro atoms. The summed E-state index contributed by atoms with van der Waals surface area (Å²) < 4.78 is 7.50. The highest BCUT2D eigenvalue weighted by Crippen LogP contribution is 2.39. The molecule has 0 aliphatic rings. The predicted molar refractivity (Wildman–Crippen MR) is 153 cm³/mol. The summed E-state index contributed by atoms with van der Waals surface area (Å²) in [5, 5.41) is 16.1. The SMILES string of the molecule is CCc1cnc(Nc2cc([N+](=O)[O-])c(N(C)CCN(C)C)cc2OC)nc1-c1cn(CC=O)c2ccccc12. The highest BCUT2D eigenvalue weighted by Gasteiger charge is 2.23. The zero-order chi connectivity index (χ0) is 28.1. The number of nitro benzene ring substituents is 1. The molecular weight excluding hydrogens is 498 g/mol. The van der Waals surface area contributed by atoms with Crippen molar-refractivity contribution >= 4 is 40.2 Å². The topological polar surface area (TPSA) is 119 Å². The number of anilines is 3. The van der Waals surface area contributed by atoms with Crippen LogP contribution in [0.5, 0.6) is 5.75 Å². The van der Waals surface area contributed by atoms with E-state index in [0.717, 1.165) is 40.6 Å². The molecule has 0 fully saturated rings. The highest BCUT2D eigenvalue weighted by molar-refractivity contribution is 5.96. The second kappa shape index (κ2) is 11.9. The zero-order valence-corrected chi connectivity index (χ0v) is 22.8. The van der Waals surface area contributed by atoms with Crippen LogP contribution in [0.15, 0.2) is 48.8 Å². The second-order valence-electron chi connectivity index (χ2n) is 9.45. The Labute approximate surface area is 227 Å². The summed E-state index contributed by atoms with van der Waals surface area (Å²) in [5.74, 6) is 0.704. The number of aromatic nitrogens is 3. The van der Waals surface area contributed by atoms with E-state index in [4.69, 9.17) is 9.72 Å². The first-order chi connectivity index (χ1) is 18.8. The maximum atomic E-state index is 12.0. The third kappa shape index (κ3) is 5.83. The standard InChI is InChI=1S/C28H33N7O4/c1-6-19-17-29-28(31-27(19)21-18-34(13-14-36)23-10-8-7-9-20(21)23)30-22-15-25(35(37)38)24(16-26(22)39-5)33(4)12-11-32(2)3/h7-10,14-18H,6,11-13H2,1-5H3,(H,29,30,31). The number of benzene rings is 2. The van der Waals surface area contributed by atoms with Gasteiger partial charge in [0.1, 0.15) is 17.7 Å². The molecule has 0 bridgehead atoms. The molecular formula is C28H33N7O4. The molecule has 4 rings (SSSR count). The molecule has 2 heterocycles. The van der Waals surface area contributed by atoms with Gasteiger partial charge in [-0.3, -0.25) is 10.1 Å². The third-order valence-corrected chi connectivity index (χ3v) is 6.59. The van der Waals surface area contributed by atoms with Gasteiger partial charge in [0, 0.05) is 61.1 Å². The number of methoxy groups -OCH3 is 1. The molecule has 0 amide bonds. The largest absolute Gasteiger partial charge is 0.494 e. The fourth-order valence-electron chi connectivity index (χ4n) is 4.49. The first kappa shape index (κ1) is 27.5. The lowest BCUT2D eigenvalue weighted by Crippen LogP contribution is -2.28. The molecule has 0 saturated carbocycles. The Kier molecular flexibility index (Phi) is 8.40. The third-order valence-electron chi connectivity index (χ3n) is 6.59. The fourth-order valence-corrected chi connectivity index (χ4v) is 4.49. The van der Waals surface area contributed by atoms with Crippen molar-refractivity contribution in [3.8, 4) is 17.0 Å². The fraction of sp³-hybridized carbons (Fsp3) is 0.321. The van der Waals surface area contributed by atoms with Crippen molar-refractivity contribution in [2.45, 2.75) is 19.9 Å². The van der Waals surface area contributed by atoms with Crippen LogP contribution in [0, 0.1) is 10.1 Å². The van der Waals surface area contributed by atoms with E-state index in [1.165, 1.54) is 13.2 Å². The number of para-hydroxylation sites is 1. The number of aldehydes is 1. The summed E-state index contributed by atoms with van der Waals surface area (Å²) in [6.45, 7) is 3.60. The first-order valence-electron chi connectivity index (χ1n) is 12.6. The molecule has 0 aliphatic carbocycles. The van der Waals surface area contributed by atoms with Crippen LogP contribution in [-0.4, -0.2) is 72.0 Å². The van der Waals surface area contributed by atoms with Crippen molar-refractivity contribution in [1.82, 2.24) is 19.4 Å². The van der Waals surface area contributed by atoms with Crippen LogP contribution in [0.2, 0.25) is 0 Å². The van der Waals surface area contributed by atoms with Crippen molar-refractivity contribution in [3.63, 3.8) is 0 Å². The number of hydrogen-bond acceptors (Lipinski definition) is 9. The number of fused-ring (bicyclic) bond motifs is 1. The Bertz CT molecular complexity index is 1500. The summed E-state index contributed by atoms with van der Waals surface area (Å²) in [6.07, 6.45) is 5.24. The number of nitro groups is 1. The van der Waals surface area contributed by atoms with Gasteiger partial charge < -0.3 is 29.2 Å². The average Bonchev–Trinajstić information content (AvgIpc) is 3.29. The predicted octanol–water partition coefficient (Wildman–Crippen LogP) is 4.52. The van der Waals surface area contributed by atoms with Gasteiger partial charge in [-0.25, -0.2) is 9.97 Å². The van der Waals surface area contributed by atoms with E-state index >= 15 is 0 Å².